The zero-order valence-electron chi connectivity index (χ0n) is 9.85. The molecule has 0 atom stereocenters. The van der Waals surface area contributed by atoms with E-state index in [1.54, 1.807) is 0 Å². The predicted molar refractivity (Wildman–Crippen MR) is 65.0 cm³/mol. The molecule has 0 radical (unpaired) electrons. The standard InChI is InChI=1S/C11H4F5N2.2ClH.Ti/c12-6-7(13)9(15)11(10(16)8(6)14)18-4-5-2-1-3-17-5;;;/h1-4H;2*1H;/q-1;;;+2/p-2. The fourth-order valence-corrected chi connectivity index (χ4v) is 1.23. The van der Waals surface area contributed by atoms with E-state index < -0.39 is 51.8 Å². The average Bonchev–Trinajstić information content (AvgIpc) is 2.97. The molecule has 0 spiro atoms. The molecule has 0 saturated heterocycles. The molecule has 2 rings (SSSR count). The van der Waals surface area contributed by atoms with Gasteiger partial charge in [-0.15, -0.1) is 5.69 Å². The van der Waals surface area contributed by atoms with Gasteiger partial charge in [0, 0.05) is 6.21 Å². The first-order valence-corrected chi connectivity index (χ1v) is 9.33. The SMILES string of the molecule is Fc1c(F)c(F)c(N=Cc2ccc[n-]2)c(F)c1F.[Cl][Ti][Cl]. The molecular formula is C11H4Cl2F5N2Ti-. The first-order chi connectivity index (χ1) is 9.93. The van der Waals surface area contributed by atoms with Gasteiger partial charge in [0.05, 0.1) is 0 Å². The summed E-state index contributed by atoms with van der Waals surface area (Å²) in [5, 5.41) is 0. The Morgan fingerprint density at radius 3 is 1.86 bits per heavy atom. The van der Waals surface area contributed by atoms with Crippen LogP contribution in [0.2, 0.25) is 0 Å². The third-order valence-electron chi connectivity index (χ3n) is 2.09. The zero-order chi connectivity index (χ0) is 16.0. The van der Waals surface area contributed by atoms with Gasteiger partial charge in [0.1, 0.15) is 5.69 Å². The van der Waals surface area contributed by atoms with Crippen LogP contribution in [0.3, 0.4) is 0 Å². The first-order valence-electron chi connectivity index (χ1n) is 5.03. The van der Waals surface area contributed by atoms with Crippen molar-refractivity contribution in [2.24, 2.45) is 4.99 Å². The van der Waals surface area contributed by atoms with E-state index in [4.69, 9.17) is 18.6 Å². The maximum absolute atomic E-state index is 13.2. The molecule has 1 aromatic carbocycles. The number of benzene rings is 1. The number of hydrogen-bond donors (Lipinski definition) is 0. The normalized spacial score (nSPS) is 10.4. The molecule has 21 heavy (non-hydrogen) atoms. The summed E-state index contributed by atoms with van der Waals surface area (Å²) in [7, 11) is 9.78. The van der Waals surface area contributed by atoms with E-state index in [1.165, 1.54) is 18.3 Å². The number of halogens is 7. The zero-order valence-corrected chi connectivity index (χ0v) is 12.9. The van der Waals surface area contributed by atoms with E-state index in [0.717, 1.165) is 6.21 Å². The summed E-state index contributed by atoms with van der Waals surface area (Å²) in [6.45, 7) is 0. The second-order valence-electron chi connectivity index (χ2n) is 3.31. The van der Waals surface area contributed by atoms with Gasteiger partial charge in [-0.25, -0.2) is 22.0 Å². The third-order valence-corrected chi connectivity index (χ3v) is 2.09. The predicted octanol–water partition coefficient (Wildman–Crippen LogP) is 4.47. The van der Waals surface area contributed by atoms with E-state index in [1.807, 2.05) is 0 Å². The quantitative estimate of drug-likeness (QED) is 0.249. The fraction of sp³-hybridized carbons (Fsp3) is 0. The van der Waals surface area contributed by atoms with Crippen LogP contribution < -0.4 is 4.98 Å². The molecule has 0 aliphatic heterocycles. The topological polar surface area (TPSA) is 26.5 Å². The van der Waals surface area contributed by atoms with Crippen LogP contribution in [0.1, 0.15) is 5.69 Å². The third kappa shape index (κ3) is 4.54. The van der Waals surface area contributed by atoms with E-state index in [2.05, 4.69) is 9.98 Å². The van der Waals surface area contributed by atoms with Gasteiger partial charge >= 0.3 is 35.6 Å². The molecule has 1 heterocycles. The van der Waals surface area contributed by atoms with Crippen molar-refractivity contribution >= 4 is 30.5 Å². The van der Waals surface area contributed by atoms with Crippen LogP contribution in [-0.4, -0.2) is 6.21 Å². The van der Waals surface area contributed by atoms with Crippen molar-refractivity contribution in [3.63, 3.8) is 0 Å². The Balaban J connectivity index is 0.000000677. The van der Waals surface area contributed by atoms with Crippen molar-refractivity contribution in [2.75, 3.05) is 0 Å². The fourth-order valence-electron chi connectivity index (χ4n) is 1.23. The molecule has 0 aliphatic rings. The Kier molecular flexibility index (Phi) is 7.38. The van der Waals surface area contributed by atoms with Crippen LogP contribution in [0.15, 0.2) is 23.3 Å². The Bertz CT molecular complexity index is 605. The molecule has 0 N–H and O–H groups in total. The van der Waals surface area contributed by atoms with Gasteiger partial charge in [0.15, 0.2) is 23.3 Å². The molecule has 0 fully saturated rings. The van der Waals surface area contributed by atoms with Crippen LogP contribution in [0, 0.1) is 29.1 Å². The first kappa shape index (κ1) is 18.2. The van der Waals surface area contributed by atoms with Crippen molar-refractivity contribution in [3.8, 4) is 0 Å². The maximum atomic E-state index is 13.2. The van der Waals surface area contributed by atoms with Gasteiger partial charge in [-0.2, -0.15) is 6.20 Å². The van der Waals surface area contributed by atoms with E-state index in [9.17, 15) is 22.0 Å². The second-order valence-corrected chi connectivity index (χ2v) is 5.89. The summed E-state index contributed by atoms with van der Waals surface area (Å²) in [6, 6.07) is 2.98. The van der Waals surface area contributed by atoms with Crippen molar-refractivity contribution in [1.82, 2.24) is 4.98 Å². The van der Waals surface area contributed by atoms with Crippen LogP contribution in [0.4, 0.5) is 27.6 Å². The summed E-state index contributed by atoms with van der Waals surface area (Å²) >= 11 is -0.556. The average molecular weight is 378 g/mol. The molecular weight excluding hydrogens is 374 g/mol. The molecule has 0 unspecified atom stereocenters. The molecule has 0 amide bonds. The minimum absolute atomic E-state index is 0.235. The molecule has 0 bridgehead atoms. The molecule has 112 valence electrons. The van der Waals surface area contributed by atoms with Gasteiger partial charge in [-0.05, 0) is 0 Å². The monoisotopic (exact) mass is 377 g/mol. The molecule has 0 aliphatic carbocycles. The van der Waals surface area contributed by atoms with Gasteiger partial charge in [-0.3, -0.25) is 4.99 Å². The Hall–Kier alpha value is -0.886. The Morgan fingerprint density at radius 2 is 1.43 bits per heavy atom. The summed E-state index contributed by atoms with van der Waals surface area (Å²) in [5.74, 6) is -10.2. The van der Waals surface area contributed by atoms with Gasteiger partial charge < -0.3 is 4.98 Å². The Labute approximate surface area is 132 Å². The number of aliphatic imine (C=N–C) groups is 1. The number of rotatable bonds is 2. The summed E-state index contributed by atoms with van der Waals surface area (Å²) in [6.07, 6.45) is 2.29. The van der Waals surface area contributed by atoms with E-state index in [-0.39, 0.29) is 5.69 Å². The van der Waals surface area contributed by atoms with Gasteiger partial charge in [0.25, 0.3) is 0 Å². The van der Waals surface area contributed by atoms with Crippen LogP contribution in [0.5, 0.6) is 0 Å². The van der Waals surface area contributed by atoms with Crippen molar-refractivity contribution in [1.29, 1.82) is 0 Å². The van der Waals surface area contributed by atoms with Crippen molar-refractivity contribution in [3.05, 3.63) is 53.1 Å². The number of nitrogens with zero attached hydrogens (tertiary/aromatic N) is 2. The van der Waals surface area contributed by atoms with Crippen LogP contribution in [0.25, 0.3) is 0 Å². The molecule has 2 nitrogen and oxygen atoms in total. The van der Waals surface area contributed by atoms with Crippen LogP contribution in [-0.2, 0) is 17.0 Å². The van der Waals surface area contributed by atoms with Gasteiger partial charge in [-0.1, -0.05) is 12.1 Å². The van der Waals surface area contributed by atoms with Crippen LogP contribution >= 0.6 is 18.6 Å². The molecule has 10 heteroatoms. The molecule has 0 saturated carbocycles. The van der Waals surface area contributed by atoms with Gasteiger partial charge in [0.2, 0.25) is 5.82 Å². The molecule has 1 aromatic heterocycles. The van der Waals surface area contributed by atoms with E-state index >= 15 is 0 Å². The number of hydrogen-bond acceptors (Lipinski definition) is 1. The molecule has 2 aromatic rings. The summed E-state index contributed by atoms with van der Waals surface area (Å²) in [5.41, 5.74) is -1.01. The number of aromatic nitrogens is 1. The summed E-state index contributed by atoms with van der Waals surface area (Å²) < 4.78 is 64.7. The summed E-state index contributed by atoms with van der Waals surface area (Å²) in [4.78, 5) is 6.92. The Morgan fingerprint density at radius 1 is 0.952 bits per heavy atom. The second kappa shape index (κ2) is 8.53. The van der Waals surface area contributed by atoms with E-state index in [0.29, 0.717) is 0 Å². The van der Waals surface area contributed by atoms with Crippen molar-refractivity contribution < 1.29 is 39.0 Å². The minimum atomic E-state index is -2.21. The van der Waals surface area contributed by atoms with Crippen molar-refractivity contribution in [2.45, 2.75) is 0 Å².